The van der Waals surface area contributed by atoms with Crippen LogP contribution in [0.4, 0.5) is 9.18 Å². The van der Waals surface area contributed by atoms with Gasteiger partial charge in [0.1, 0.15) is 5.82 Å². The van der Waals surface area contributed by atoms with Crippen LogP contribution in [0.5, 0.6) is 0 Å². The molecule has 0 saturated heterocycles. The highest BCUT2D eigenvalue weighted by Gasteiger charge is 2.31. The summed E-state index contributed by atoms with van der Waals surface area (Å²) in [4.78, 5) is 22.1. The molecule has 1 aromatic heterocycles. The van der Waals surface area contributed by atoms with E-state index < -0.39 is 11.9 Å². The second-order valence-electron chi connectivity index (χ2n) is 5.09. The second kappa shape index (κ2) is 6.37. The van der Waals surface area contributed by atoms with Crippen LogP contribution < -0.4 is 11.1 Å². The summed E-state index contributed by atoms with van der Waals surface area (Å²) < 4.78 is 15.9. The number of primary amides is 1. The van der Waals surface area contributed by atoms with E-state index in [1.807, 2.05) is 9.88 Å². The second-order valence-corrected chi connectivity index (χ2v) is 6.03. The van der Waals surface area contributed by atoms with Gasteiger partial charge in [0.15, 0.2) is 11.0 Å². The highest BCUT2D eigenvalue weighted by atomic mass is 32.2. The lowest BCUT2D eigenvalue weighted by Gasteiger charge is -2.09. The molecule has 0 radical (unpaired) electrons. The third-order valence-electron chi connectivity index (χ3n) is 3.29. The number of amides is 3. The summed E-state index contributed by atoms with van der Waals surface area (Å²) in [6.07, 6.45) is 1.92. The summed E-state index contributed by atoms with van der Waals surface area (Å²) in [7, 11) is 0. The first-order valence-electron chi connectivity index (χ1n) is 6.98. The molecule has 9 heteroatoms. The smallest absolute Gasteiger partial charge is 0.318 e. The molecular weight excluding hydrogens is 321 g/mol. The molecule has 1 fully saturated rings. The maximum absolute atomic E-state index is 14.0. The van der Waals surface area contributed by atoms with Gasteiger partial charge in [0, 0.05) is 6.04 Å². The molecule has 2 aromatic rings. The van der Waals surface area contributed by atoms with E-state index >= 15 is 0 Å². The van der Waals surface area contributed by atoms with Crippen molar-refractivity contribution in [2.75, 3.05) is 5.75 Å². The maximum atomic E-state index is 14.0. The van der Waals surface area contributed by atoms with Crippen LogP contribution in [-0.4, -0.2) is 32.5 Å². The third-order valence-corrected chi connectivity index (χ3v) is 4.23. The molecule has 0 bridgehead atoms. The predicted molar refractivity (Wildman–Crippen MR) is 82.1 cm³/mol. The Labute approximate surface area is 135 Å². The molecule has 1 heterocycles. The number of nitrogens with zero attached hydrogens (tertiary/aromatic N) is 3. The molecule has 120 valence electrons. The van der Waals surface area contributed by atoms with Crippen LogP contribution in [0.15, 0.2) is 29.4 Å². The quantitative estimate of drug-likeness (QED) is 0.810. The molecule has 1 saturated carbocycles. The number of nitrogens with two attached hydrogens (primary N) is 1. The number of imide groups is 1. The van der Waals surface area contributed by atoms with Gasteiger partial charge in [-0.05, 0) is 25.0 Å². The number of hydrogen-bond acceptors (Lipinski definition) is 5. The lowest BCUT2D eigenvalue weighted by Crippen LogP contribution is -2.36. The average molecular weight is 335 g/mol. The fourth-order valence-corrected chi connectivity index (χ4v) is 2.97. The number of hydrogen-bond donors (Lipinski definition) is 2. The topological polar surface area (TPSA) is 103 Å². The number of halogens is 1. The first kappa shape index (κ1) is 15.5. The van der Waals surface area contributed by atoms with Crippen LogP contribution in [0, 0.1) is 5.82 Å². The Morgan fingerprint density at radius 2 is 2.09 bits per heavy atom. The van der Waals surface area contributed by atoms with Crippen LogP contribution in [0.2, 0.25) is 0 Å². The zero-order valence-corrected chi connectivity index (χ0v) is 12.8. The van der Waals surface area contributed by atoms with E-state index in [4.69, 9.17) is 5.73 Å². The normalized spacial score (nSPS) is 13.8. The van der Waals surface area contributed by atoms with E-state index in [9.17, 15) is 14.0 Å². The minimum atomic E-state index is -0.897. The number of thioether (sulfide) groups is 1. The summed E-state index contributed by atoms with van der Waals surface area (Å²) in [6, 6.07) is 5.67. The SMILES string of the molecule is NC(=O)NC(=O)CSc1nnc(-c2ccccc2F)n1C1CC1. The van der Waals surface area contributed by atoms with Crippen molar-refractivity contribution < 1.29 is 14.0 Å². The van der Waals surface area contributed by atoms with Gasteiger partial charge in [-0.25, -0.2) is 9.18 Å². The Kier molecular flexibility index (Phi) is 4.28. The molecule has 1 aliphatic rings. The van der Waals surface area contributed by atoms with E-state index in [2.05, 4.69) is 10.2 Å². The van der Waals surface area contributed by atoms with Crippen molar-refractivity contribution in [3.05, 3.63) is 30.1 Å². The van der Waals surface area contributed by atoms with E-state index in [-0.39, 0.29) is 17.6 Å². The minimum absolute atomic E-state index is 0.0228. The first-order valence-corrected chi connectivity index (χ1v) is 7.96. The molecule has 7 nitrogen and oxygen atoms in total. The van der Waals surface area contributed by atoms with Gasteiger partial charge in [0.2, 0.25) is 5.91 Å². The summed E-state index contributed by atoms with van der Waals surface area (Å²) in [5.74, 6) is -0.459. The van der Waals surface area contributed by atoms with Gasteiger partial charge in [-0.15, -0.1) is 10.2 Å². The fraction of sp³-hybridized carbons (Fsp3) is 0.286. The van der Waals surface area contributed by atoms with Gasteiger partial charge in [0.25, 0.3) is 0 Å². The van der Waals surface area contributed by atoms with Gasteiger partial charge >= 0.3 is 6.03 Å². The molecule has 0 spiro atoms. The Bertz CT molecular complexity index is 759. The van der Waals surface area contributed by atoms with E-state index in [0.29, 0.717) is 16.5 Å². The molecule has 23 heavy (non-hydrogen) atoms. The summed E-state index contributed by atoms with van der Waals surface area (Å²) in [5, 5.41) is 10.6. The molecule has 0 unspecified atom stereocenters. The van der Waals surface area contributed by atoms with Crippen molar-refractivity contribution in [2.45, 2.75) is 24.0 Å². The Hall–Kier alpha value is -2.42. The van der Waals surface area contributed by atoms with E-state index in [1.165, 1.54) is 6.07 Å². The molecule has 0 aliphatic heterocycles. The van der Waals surface area contributed by atoms with Gasteiger partial charge in [0.05, 0.1) is 11.3 Å². The summed E-state index contributed by atoms with van der Waals surface area (Å²) >= 11 is 1.13. The standard InChI is InChI=1S/C14H14FN5O2S/c15-10-4-2-1-3-9(10)12-18-19-14(20(12)8-5-6-8)23-7-11(21)17-13(16)22/h1-4,8H,5-7H2,(H3,16,17,21,22). The Morgan fingerprint density at radius 3 is 2.74 bits per heavy atom. The lowest BCUT2D eigenvalue weighted by atomic mass is 10.2. The van der Waals surface area contributed by atoms with E-state index in [1.54, 1.807) is 18.2 Å². The number of urea groups is 1. The molecule has 0 atom stereocenters. The zero-order chi connectivity index (χ0) is 16.4. The number of benzene rings is 1. The number of aromatic nitrogens is 3. The van der Waals surface area contributed by atoms with Crippen molar-refractivity contribution in [3.8, 4) is 11.4 Å². The van der Waals surface area contributed by atoms with Crippen molar-refractivity contribution in [3.63, 3.8) is 0 Å². The van der Waals surface area contributed by atoms with Crippen molar-refractivity contribution >= 4 is 23.7 Å². The zero-order valence-electron chi connectivity index (χ0n) is 12.0. The van der Waals surface area contributed by atoms with Crippen molar-refractivity contribution in [2.24, 2.45) is 5.73 Å². The first-order chi connectivity index (χ1) is 11.1. The number of nitrogens with one attached hydrogen (secondary N) is 1. The number of carbonyl (C=O) groups excluding carboxylic acids is 2. The Balaban J connectivity index is 1.84. The van der Waals surface area contributed by atoms with Gasteiger partial charge in [-0.1, -0.05) is 23.9 Å². The fourth-order valence-electron chi connectivity index (χ4n) is 2.17. The molecule has 1 aliphatic carbocycles. The van der Waals surface area contributed by atoms with Crippen molar-refractivity contribution in [1.82, 2.24) is 20.1 Å². The summed E-state index contributed by atoms with van der Waals surface area (Å²) in [5.41, 5.74) is 5.27. The highest BCUT2D eigenvalue weighted by Crippen LogP contribution is 2.41. The van der Waals surface area contributed by atoms with Crippen LogP contribution >= 0.6 is 11.8 Å². The van der Waals surface area contributed by atoms with Gasteiger partial charge < -0.3 is 5.73 Å². The largest absolute Gasteiger partial charge is 0.351 e. The molecule has 3 amide bonds. The molecular formula is C14H14FN5O2S. The number of rotatable bonds is 5. The van der Waals surface area contributed by atoms with Crippen LogP contribution in [0.3, 0.4) is 0 Å². The summed E-state index contributed by atoms with van der Waals surface area (Å²) in [6.45, 7) is 0. The average Bonchev–Trinajstić information content (AvgIpc) is 3.25. The lowest BCUT2D eigenvalue weighted by molar-refractivity contribution is -0.117. The predicted octanol–water partition coefficient (Wildman–Crippen LogP) is 1.71. The van der Waals surface area contributed by atoms with Gasteiger partial charge in [-0.2, -0.15) is 0 Å². The highest BCUT2D eigenvalue weighted by molar-refractivity contribution is 7.99. The minimum Gasteiger partial charge on any atom is -0.351 e. The van der Waals surface area contributed by atoms with Crippen LogP contribution in [0.1, 0.15) is 18.9 Å². The third kappa shape index (κ3) is 3.50. The number of carbonyl (C=O) groups is 2. The van der Waals surface area contributed by atoms with Crippen LogP contribution in [0.25, 0.3) is 11.4 Å². The Morgan fingerprint density at radius 1 is 1.35 bits per heavy atom. The molecule has 3 rings (SSSR count). The van der Waals surface area contributed by atoms with Crippen LogP contribution in [-0.2, 0) is 4.79 Å². The van der Waals surface area contributed by atoms with E-state index in [0.717, 1.165) is 24.6 Å². The maximum Gasteiger partial charge on any atom is 0.318 e. The molecule has 1 aromatic carbocycles. The van der Waals surface area contributed by atoms with Gasteiger partial charge in [-0.3, -0.25) is 14.7 Å². The monoisotopic (exact) mass is 335 g/mol. The molecule has 3 N–H and O–H groups in total. The van der Waals surface area contributed by atoms with Crippen molar-refractivity contribution in [1.29, 1.82) is 0 Å².